The third kappa shape index (κ3) is 5.71. The van der Waals surface area contributed by atoms with Crippen LogP contribution in [0.1, 0.15) is 0 Å². The number of fused-ring (bicyclic) bond motifs is 4. The third-order valence-electron chi connectivity index (χ3n) is 10.5. The molecule has 0 aliphatic carbocycles. The molecule has 1 aromatic heterocycles. The van der Waals surface area contributed by atoms with Gasteiger partial charge in [0.05, 0.1) is 11.1 Å². The number of para-hydroxylation sites is 1. The van der Waals surface area contributed by atoms with Crippen molar-refractivity contribution in [2.75, 3.05) is 4.90 Å². The van der Waals surface area contributed by atoms with Crippen molar-refractivity contribution in [2.24, 2.45) is 0 Å². The molecule has 0 amide bonds. The Kier molecular flexibility index (Phi) is 7.85. The SMILES string of the molecule is c1ccc(-c2ccc(-c3ccc(N(c4ccc(-c5ccc6ccccc6c5)cc4)c4ccc(-c5ccccc5)c5oc6ccccc6c45)cc3)cc2)cc1. The lowest BCUT2D eigenvalue weighted by Gasteiger charge is -2.27. The highest BCUT2D eigenvalue weighted by Gasteiger charge is 2.22. The van der Waals surface area contributed by atoms with Crippen molar-refractivity contribution in [3.05, 3.63) is 212 Å². The smallest absolute Gasteiger partial charge is 0.145 e. The van der Waals surface area contributed by atoms with E-state index in [1.165, 1.54) is 44.2 Å². The first kappa shape index (κ1) is 31.6. The monoisotopic (exact) mass is 689 g/mol. The summed E-state index contributed by atoms with van der Waals surface area (Å²) in [4.78, 5) is 2.37. The predicted octanol–water partition coefficient (Wildman–Crippen LogP) is 14.9. The minimum absolute atomic E-state index is 0.873. The van der Waals surface area contributed by atoms with Gasteiger partial charge >= 0.3 is 0 Å². The second-order valence-electron chi connectivity index (χ2n) is 13.7. The van der Waals surface area contributed by atoms with E-state index in [4.69, 9.17) is 4.42 Å². The second kappa shape index (κ2) is 13.4. The second-order valence-corrected chi connectivity index (χ2v) is 13.7. The van der Waals surface area contributed by atoms with Crippen molar-refractivity contribution >= 4 is 49.8 Å². The van der Waals surface area contributed by atoms with Gasteiger partial charge in [0, 0.05) is 22.3 Å². The first-order valence-electron chi connectivity index (χ1n) is 18.4. The summed E-state index contributed by atoms with van der Waals surface area (Å²) in [5, 5.41) is 4.66. The Morgan fingerprint density at radius 3 is 1.46 bits per heavy atom. The van der Waals surface area contributed by atoms with Gasteiger partial charge in [-0.25, -0.2) is 0 Å². The van der Waals surface area contributed by atoms with Crippen LogP contribution < -0.4 is 4.90 Å². The van der Waals surface area contributed by atoms with E-state index >= 15 is 0 Å². The Morgan fingerprint density at radius 2 is 0.815 bits per heavy atom. The first-order valence-corrected chi connectivity index (χ1v) is 18.4. The van der Waals surface area contributed by atoms with Gasteiger partial charge in [-0.1, -0.05) is 164 Å². The summed E-state index contributed by atoms with van der Waals surface area (Å²) in [6.07, 6.45) is 0. The number of benzene rings is 9. The van der Waals surface area contributed by atoms with Crippen LogP contribution in [0, 0.1) is 0 Å². The van der Waals surface area contributed by atoms with E-state index in [-0.39, 0.29) is 0 Å². The van der Waals surface area contributed by atoms with Crippen LogP contribution in [0.2, 0.25) is 0 Å². The zero-order valence-corrected chi connectivity index (χ0v) is 29.6. The molecule has 0 saturated heterocycles. The number of hydrogen-bond donors (Lipinski definition) is 0. The summed E-state index contributed by atoms with van der Waals surface area (Å²) >= 11 is 0. The zero-order chi connectivity index (χ0) is 35.8. The number of furan rings is 1. The highest BCUT2D eigenvalue weighted by molar-refractivity contribution is 6.17. The van der Waals surface area contributed by atoms with E-state index in [2.05, 4.69) is 211 Å². The average Bonchev–Trinajstić information content (AvgIpc) is 3.65. The molecule has 0 fully saturated rings. The van der Waals surface area contributed by atoms with Crippen LogP contribution >= 0.6 is 0 Å². The van der Waals surface area contributed by atoms with Gasteiger partial charge in [-0.3, -0.25) is 0 Å². The van der Waals surface area contributed by atoms with Gasteiger partial charge < -0.3 is 9.32 Å². The summed E-state index contributed by atoms with van der Waals surface area (Å²) in [6, 6.07) is 75.8. The summed E-state index contributed by atoms with van der Waals surface area (Å²) < 4.78 is 6.70. The molecule has 10 aromatic rings. The van der Waals surface area contributed by atoms with Crippen molar-refractivity contribution < 1.29 is 4.42 Å². The molecule has 0 bridgehead atoms. The fraction of sp³-hybridized carbons (Fsp3) is 0. The summed E-state index contributed by atoms with van der Waals surface area (Å²) in [6.45, 7) is 0. The molecule has 0 N–H and O–H groups in total. The Labute approximate surface area is 314 Å². The average molecular weight is 690 g/mol. The molecule has 0 saturated carbocycles. The van der Waals surface area contributed by atoms with Crippen LogP contribution in [0.25, 0.3) is 77.2 Å². The lowest BCUT2D eigenvalue weighted by Crippen LogP contribution is -2.10. The van der Waals surface area contributed by atoms with Gasteiger partial charge in [0.15, 0.2) is 0 Å². The molecule has 0 spiro atoms. The van der Waals surface area contributed by atoms with E-state index in [0.717, 1.165) is 50.1 Å². The summed E-state index contributed by atoms with van der Waals surface area (Å²) in [5.74, 6) is 0. The highest BCUT2D eigenvalue weighted by atomic mass is 16.3. The van der Waals surface area contributed by atoms with Crippen LogP contribution in [0.3, 0.4) is 0 Å². The van der Waals surface area contributed by atoms with E-state index in [1.807, 2.05) is 6.07 Å². The third-order valence-corrected chi connectivity index (χ3v) is 10.5. The lowest BCUT2D eigenvalue weighted by atomic mass is 9.98. The molecular weight excluding hydrogens is 655 g/mol. The Balaban J connectivity index is 1.11. The number of anilines is 3. The molecule has 0 unspecified atom stereocenters. The molecule has 2 heteroatoms. The maximum atomic E-state index is 6.70. The van der Waals surface area contributed by atoms with Crippen molar-refractivity contribution in [1.29, 1.82) is 0 Å². The van der Waals surface area contributed by atoms with E-state index < -0.39 is 0 Å². The Bertz CT molecular complexity index is 2890. The van der Waals surface area contributed by atoms with Crippen LogP contribution in [-0.2, 0) is 0 Å². The molecule has 10 rings (SSSR count). The van der Waals surface area contributed by atoms with E-state index in [0.29, 0.717) is 0 Å². The fourth-order valence-corrected chi connectivity index (χ4v) is 7.73. The van der Waals surface area contributed by atoms with Crippen molar-refractivity contribution in [3.8, 4) is 44.5 Å². The van der Waals surface area contributed by atoms with Crippen LogP contribution in [0.15, 0.2) is 217 Å². The number of hydrogen-bond acceptors (Lipinski definition) is 2. The van der Waals surface area contributed by atoms with Gasteiger partial charge in [-0.05, 0) is 98.2 Å². The summed E-state index contributed by atoms with van der Waals surface area (Å²) in [5.41, 5.74) is 14.3. The maximum Gasteiger partial charge on any atom is 0.145 e. The molecule has 0 aliphatic rings. The van der Waals surface area contributed by atoms with Crippen molar-refractivity contribution in [1.82, 2.24) is 0 Å². The highest BCUT2D eigenvalue weighted by Crippen LogP contribution is 2.46. The normalized spacial score (nSPS) is 11.3. The molecule has 2 nitrogen and oxygen atoms in total. The maximum absolute atomic E-state index is 6.70. The molecule has 0 radical (unpaired) electrons. The first-order chi connectivity index (χ1) is 26.8. The molecule has 9 aromatic carbocycles. The van der Waals surface area contributed by atoms with Crippen molar-refractivity contribution in [2.45, 2.75) is 0 Å². The van der Waals surface area contributed by atoms with Crippen LogP contribution in [-0.4, -0.2) is 0 Å². The zero-order valence-electron chi connectivity index (χ0n) is 29.6. The van der Waals surface area contributed by atoms with Crippen LogP contribution in [0.5, 0.6) is 0 Å². The molecule has 54 heavy (non-hydrogen) atoms. The van der Waals surface area contributed by atoms with Gasteiger partial charge in [0.2, 0.25) is 0 Å². The lowest BCUT2D eigenvalue weighted by molar-refractivity contribution is 0.670. The standard InChI is InChI=1S/C52H35NO/c1-3-11-36(12-4-1)38-19-21-39(22-20-38)40-25-29-45(30-26-40)53(46-31-27-41(28-32-46)44-24-23-37-13-7-8-16-43(37)35-44)49-34-33-47(42-14-5-2-6-15-42)52-51(49)48-17-9-10-18-50(48)54-52/h1-35H. The van der Waals surface area contributed by atoms with Crippen LogP contribution in [0.4, 0.5) is 17.1 Å². The summed E-state index contributed by atoms with van der Waals surface area (Å²) in [7, 11) is 0. The topological polar surface area (TPSA) is 16.4 Å². The van der Waals surface area contributed by atoms with Gasteiger partial charge in [0.1, 0.15) is 11.2 Å². The Hall–Kier alpha value is -7.16. The molecular formula is C52H35NO. The quantitative estimate of drug-likeness (QED) is 0.166. The largest absolute Gasteiger partial charge is 0.455 e. The van der Waals surface area contributed by atoms with E-state index in [1.54, 1.807) is 0 Å². The number of nitrogens with zero attached hydrogens (tertiary/aromatic N) is 1. The molecule has 0 aliphatic heterocycles. The molecule has 0 atom stereocenters. The van der Waals surface area contributed by atoms with Gasteiger partial charge in [-0.15, -0.1) is 0 Å². The Morgan fingerprint density at radius 1 is 0.333 bits per heavy atom. The predicted molar refractivity (Wildman–Crippen MR) is 228 cm³/mol. The molecule has 254 valence electrons. The van der Waals surface area contributed by atoms with Crippen molar-refractivity contribution in [3.63, 3.8) is 0 Å². The van der Waals surface area contributed by atoms with Gasteiger partial charge in [-0.2, -0.15) is 0 Å². The molecule has 1 heterocycles. The van der Waals surface area contributed by atoms with Gasteiger partial charge in [0.25, 0.3) is 0 Å². The fourth-order valence-electron chi connectivity index (χ4n) is 7.73. The minimum Gasteiger partial charge on any atom is -0.455 e. The number of rotatable bonds is 7. The van der Waals surface area contributed by atoms with E-state index in [9.17, 15) is 0 Å². The minimum atomic E-state index is 0.873.